The molecule has 4 aromatic rings. The first-order valence-electron chi connectivity index (χ1n) is 9.55. The van der Waals surface area contributed by atoms with Gasteiger partial charge in [-0.2, -0.15) is 0 Å². The fourth-order valence-corrected chi connectivity index (χ4v) is 3.41. The third-order valence-corrected chi connectivity index (χ3v) is 4.86. The lowest BCUT2D eigenvalue weighted by molar-refractivity contribution is 0.0697. The number of benzene rings is 2. The molecule has 2 aromatic carbocycles. The van der Waals surface area contributed by atoms with Crippen molar-refractivity contribution in [1.82, 2.24) is 15.0 Å². The molecule has 0 bridgehead atoms. The molecule has 6 nitrogen and oxygen atoms in total. The number of rotatable bonds is 5. The summed E-state index contributed by atoms with van der Waals surface area (Å²) in [7, 11) is 1.94. The SMILES string of the molecule is CC(C)Cc1ncc2c(n1)c(N(C)c1ccccc1)nc1cc(C(=O)O)ccc12. The van der Waals surface area contributed by atoms with E-state index >= 15 is 0 Å². The third kappa shape index (κ3) is 3.61. The zero-order chi connectivity index (χ0) is 20.5. The van der Waals surface area contributed by atoms with Gasteiger partial charge in [0.2, 0.25) is 0 Å². The van der Waals surface area contributed by atoms with Gasteiger partial charge in [0.05, 0.1) is 11.1 Å². The standard InChI is InChI=1S/C23H22N4O2/c1-14(2)11-20-24-13-18-17-10-9-15(23(28)29)12-19(17)25-22(21(18)26-20)27(3)16-7-5-4-6-8-16/h4-10,12-14H,11H2,1-3H3,(H,28,29). The zero-order valence-corrected chi connectivity index (χ0v) is 16.6. The van der Waals surface area contributed by atoms with Gasteiger partial charge in [0.25, 0.3) is 0 Å². The molecule has 0 atom stereocenters. The summed E-state index contributed by atoms with van der Waals surface area (Å²) in [5, 5.41) is 11.1. The molecule has 0 unspecified atom stereocenters. The number of anilines is 2. The van der Waals surface area contributed by atoms with Crippen molar-refractivity contribution in [2.75, 3.05) is 11.9 Å². The highest BCUT2D eigenvalue weighted by Gasteiger charge is 2.17. The van der Waals surface area contributed by atoms with Crippen molar-refractivity contribution in [3.05, 3.63) is 66.1 Å². The Morgan fingerprint density at radius 1 is 1.07 bits per heavy atom. The molecule has 29 heavy (non-hydrogen) atoms. The molecule has 4 rings (SSSR count). The number of aromatic nitrogens is 3. The van der Waals surface area contributed by atoms with Crippen LogP contribution in [-0.4, -0.2) is 33.1 Å². The number of para-hydroxylation sites is 1. The van der Waals surface area contributed by atoms with Crippen molar-refractivity contribution in [1.29, 1.82) is 0 Å². The van der Waals surface area contributed by atoms with Crippen LogP contribution in [0.1, 0.15) is 30.0 Å². The molecule has 0 saturated carbocycles. The van der Waals surface area contributed by atoms with E-state index in [-0.39, 0.29) is 5.56 Å². The molecule has 2 heterocycles. The Morgan fingerprint density at radius 2 is 1.83 bits per heavy atom. The van der Waals surface area contributed by atoms with Crippen molar-refractivity contribution in [2.45, 2.75) is 20.3 Å². The maximum Gasteiger partial charge on any atom is 0.335 e. The van der Waals surface area contributed by atoms with Gasteiger partial charge >= 0.3 is 5.97 Å². The first-order valence-corrected chi connectivity index (χ1v) is 9.55. The maximum atomic E-state index is 11.4. The molecule has 1 N–H and O–H groups in total. The van der Waals surface area contributed by atoms with E-state index in [9.17, 15) is 9.90 Å². The lowest BCUT2D eigenvalue weighted by Gasteiger charge is -2.21. The predicted molar refractivity (Wildman–Crippen MR) is 115 cm³/mol. The molecule has 0 fully saturated rings. The van der Waals surface area contributed by atoms with E-state index < -0.39 is 5.97 Å². The third-order valence-electron chi connectivity index (χ3n) is 4.86. The van der Waals surface area contributed by atoms with E-state index in [0.717, 1.165) is 34.2 Å². The van der Waals surface area contributed by atoms with E-state index in [1.165, 1.54) is 0 Å². The van der Waals surface area contributed by atoms with Crippen molar-refractivity contribution in [3.8, 4) is 0 Å². The van der Waals surface area contributed by atoms with Crippen LogP contribution in [0, 0.1) is 5.92 Å². The van der Waals surface area contributed by atoms with Crippen LogP contribution in [0.25, 0.3) is 21.8 Å². The van der Waals surface area contributed by atoms with Gasteiger partial charge in [0, 0.05) is 36.1 Å². The lowest BCUT2D eigenvalue weighted by Crippen LogP contribution is -2.13. The molecule has 0 aliphatic rings. The summed E-state index contributed by atoms with van der Waals surface area (Å²) in [5.74, 6) is 0.914. The average molecular weight is 386 g/mol. The molecule has 6 heteroatoms. The summed E-state index contributed by atoms with van der Waals surface area (Å²) in [6.07, 6.45) is 2.60. The van der Waals surface area contributed by atoms with Gasteiger partial charge in [0.1, 0.15) is 11.3 Å². The fraction of sp³-hybridized carbons (Fsp3) is 0.217. The first-order chi connectivity index (χ1) is 13.9. The highest BCUT2D eigenvalue weighted by atomic mass is 16.4. The molecule has 0 saturated heterocycles. The monoisotopic (exact) mass is 386 g/mol. The van der Waals surface area contributed by atoms with Crippen LogP contribution >= 0.6 is 0 Å². The van der Waals surface area contributed by atoms with Crippen LogP contribution in [0.2, 0.25) is 0 Å². The van der Waals surface area contributed by atoms with Crippen molar-refractivity contribution in [3.63, 3.8) is 0 Å². The highest BCUT2D eigenvalue weighted by molar-refractivity contribution is 6.10. The van der Waals surface area contributed by atoms with E-state index in [0.29, 0.717) is 17.3 Å². The Labute approximate surface area is 168 Å². The Kier molecular flexibility index (Phi) is 4.84. The quantitative estimate of drug-likeness (QED) is 0.494. The number of carbonyl (C=O) groups is 1. The lowest BCUT2D eigenvalue weighted by atomic mass is 10.1. The Bertz CT molecular complexity index is 1210. The van der Waals surface area contributed by atoms with Crippen molar-refractivity contribution in [2.24, 2.45) is 5.92 Å². The number of fused-ring (bicyclic) bond motifs is 3. The topological polar surface area (TPSA) is 79.2 Å². The number of aromatic carboxylic acids is 1. The minimum Gasteiger partial charge on any atom is -0.478 e. The second-order valence-corrected chi connectivity index (χ2v) is 7.51. The van der Waals surface area contributed by atoms with Crippen LogP contribution in [0.3, 0.4) is 0 Å². The number of hydrogen-bond acceptors (Lipinski definition) is 5. The van der Waals surface area contributed by atoms with Gasteiger partial charge < -0.3 is 10.0 Å². The molecule has 0 radical (unpaired) electrons. The Morgan fingerprint density at radius 3 is 2.52 bits per heavy atom. The van der Waals surface area contributed by atoms with Crippen molar-refractivity contribution < 1.29 is 9.90 Å². The molecular weight excluding hydrogens is 364 g/mol. The van der Waals surface area contributed by atoms with E-state index in [1.54, 1.807) is 18.2 Å². The average Bonchev–Trinajstić information content (AvgIpc) is 2.72. The molecule has 0 amide bonds. The molecule has 0 aliphatic heterocycles. The summed E-state index contributed by atoms with van der Waals surface area (Å²) in [6.45, 7) is 4.27. The largest absolute Gasteiger partial charge is 0.478 e. The van der Waals surface area contributed by atoms with Gasteiger partial charge in [-0.05, 0) is 30.2 Å². The molecule has 2 aromatic heterocycles. The number of nitrogens with zero attached hydrogens (tertiary/aromatic N) is 4. The first kappa shape index (κ1) is 18.8. The highest BCUT2D eigenvalue weighted by Crippen LogP contribution is 2.33. The number of hydrogen-bond donors (Lipinski definition) is 1. The zero-order valence-electron chi connectivity index (χ0n) is 16.6. The second-order valence-electron chi connectivity index (χ2n) is 7.51. The number of pyridine rings is 1. The van der Waals surface area contributed by atoms with Crippen LogP contribution in [0.4, 0.5) is 11.5 Å². The van der Waals surface area contributed by atoms with Crippen LogP contribution in [0.5, 0.6) is 0 Å². The molecule has 0 spiro atoms. The smallest absolute Gasteiger partial charge is 0.335 e. The van der Waals surface area contributed by atoms with Crippen molar-refractivity contribution >= 4 is 39.3 Å². The molecular formula is C23H22N4O2. The fourth-order valence-electron chi connectivity index (χ4n) is 3.41. The number of carboxylic acids is 1. The van der Waals surface area contributed by atoms with Gasteiger partial charge in [-0.1, -0.05) is 38.1 Å². The van der Waals surface area contributed by atoms with Gasteiger partial charge in [0.15, 0.2) is 5.82 Å². The normalized spacial score (nSPS) is 11.3. The maximum absolute atomic E-state index is 11.4. The summed E-state index contributed by atoms with van der Waals surface area (Å²) >= 11 is 0. The van der Waals surface area contributed by atoms with E-state index in [2.05, 4.69) is 18.8 Å². The number of carboxylic acid groups (broad SMARTS) is 1. The summed E-state index contributed by atoms with van der Waals surface area (Å²) in [6, 6.07) is 14.9. The summed E-state index contributed by atoms with van der Waals surface area (Å²) in [4.78, 5) is 27.6. The van der Waals surface area contributed by atoms with Gasteiger partial charge in [-0.3, -0.25) is 0 Å². The van der Waals surface area contributed by atoms with Gasteiger partial charge in [-0.15, -0.1) is 0 Å². The molecule has 146 valence electrons. The minimum atomic E-state index is -0.977. The predicted octanol–water partition coefficient (Wildman–Crippen LogP) is 4.84. The second kappa shape index (κ2) is 7.47. The van der Waals surface area contributed by atoms with E-state index in [4.69, 9.17) is 9.97 Å². The van der Waals surface area contributed by atoms with Gasteiger partial charge in [-0.25, -0.2) is 19.7 Å². The summed E-state index contributed by atoms with van der Waals surface area (Å²) in [5.41, 5.74) is 2.54. The Hall–Kier alpha value is -3.54. The Balaban J connectivity index is 2.01. The van der Waals surface area contributed by atoms with E-state index in [1.807, 2.05) is 48.5 Å². The van der Waals surface area contributed by atoms with Crippen LogP contribution in [-0.2, 0) is 6.42 Å². The van der Waals surface area contributed by atoms with Crippen LogP contribution < -0.4 is 4.90 Å². The summed E-state index contributed by atoms with van der Waals surface area (Å²) < 4.78 is 0. The molecule has 0 aliphatic carbocycles. The van der Waals surface area contributed by atoms with Crippen LogP contribution in [0.15, 0.2) is 54.7 Å². The minimum absolute atomic E-state index is 0.204.